The van der Waals surface area contributed by atoms with Gasteiger partial charge in [-0.25, -0.2) is 4.39 Å². The van der Waals surface area contributed by atoms with Crippen LogP contribution in [0.3, 0.4) is 0 Å². The van der Waals surface area contributed by atoms with Gasteiger partial charge in [0.15, 0.2) is 0 Å². The minimum absolute atomic E-state index is 0.209. The fourth-order valence-electron chi connectivity index (χ4n) is 2.86. The molecule has 0 amide bonds. The summed E-state index contributed by atoms with van der Waals surface area (Å²) in [6, 6.07) is 4.77. The highest BCUT2D eigenvalue weighted by atomic mass is 19.1. The largest absolute Gasteiger partial charge is 0.488 e. The Morgan fingerprint density at radius 1 is 1.30 bits per heavy atom. The number of hydrogen-bond donors (Lipinski definition) is 2. The molecule has 4 nitrogen and oxygen atoms in total. The highest BCUT2D eigenvalue weighted by Gasteiger charge is 2.22. The maximum absolute atomic E-state index is 13.5. The van der Waals surface area contributed by atoms with Crippen molar-refractivity contribution in [3.63, 3.8) is 0 Å². The van der Waals surface area contributed by atoms with Gasteiger partial charge in [0.1, 0.15) is 5.82 Å². The number of rotatable bonds is 4. The molecule has 1 aromatic carbocycles. The lowest BCUT2D eigenvalue weighted by molar-refractivity contribution is 0.0834. The average molecular weight is 280 g/mol. The first-order chi connectivity index (χ1) is 9.49. The van der Waals surface area contributed by atoms with Crippen molar-refractivity contribution >= 4 is 12.6 Å². The molecule has 1 unspecified atom stereocenters. The molecule has 0 radical (unpaired) electrons. The Hall–Kier alpha value is -0.945. The van der Waals surface area contributed by atoms with E-state index < -0.39 is 12.9 Å². The zero-order valence-corrected chi connectivity index (χ0v) is 12.1. The van der Waals surface area contributed by atoms with E-state index in [1.165, 1.54) is 6.07 Å². The first-order valence-electron chi connectivity index (χ1n) is 7.11. The van der Waals surface area contributed by atoms with Crippen molar-refractivity contribution in [2.75, 3.05) is 26.2 Å². The molecule has 1 saturated heterocycles. The van der Waals surface area contributed by atoms with E-state index in [0.29, 0.717) is 12.6 Å². The Kier molecular flexibility index (Phi) is 5.15. The van der Waals surface area contributed by atoms with Crippen LogP contribution >= 0.6 is 0 Å². The minimum Gasteiger partial charge on any atom is -0.423 e. The van der Waals surface area contributed by atoms with Crippen LogP contribution in [0.1, 0.15) is 19.4 Å². The van der Waals surface area contributed by atoms with Crippen LogP contribution in [0.2, 0.25) is 0 Å². The zero-order chi connectivity index (χ0) is 14.7. The van der Waals surface area contributed by atoms with E-state index in [2.05, 4.69) is 23.6 Å². The molecular weight excluding hydrogens is 258 g/mol. The van der Waals surface area contributed by atoms with E-state index in [1.807, 2.05) is 0 Å². The van der Waals surface area contributed by atoms with Gasteiger partial charge in [-0.15, -0.1) is 0 Å². The number of halogens is 1. The summed E-state index contributed by atoms with van der Waals surface area (Å²) >= 11 is 0. The van der Waals surface area contributed by atoms with Gasteiger partial charge in [0.25, 0.3) is 0 Å². The fraction of sp³-hybridized carbons (Fsp3) is 0.571. The zero-order valence-electron chi connectivity index (χ0n) is 12.1. The molecule has 2 N–H and O–H groups in total. The summed E-state index contributed by atoms with van der Waals surface area (Å²) in [5.74, 6) is -0.425. The molecule has 0 bridgehead atoms. The first kappa shape index (κ1) is 15.4. The highest BCUT2D eigenvalue weighted by Crippen LogP contribution is 2.13. The topological polar surface area (TPSA) is 46.9 Å². The predicted molar refractivity (Wildman–Crippen MR) is 78.2 cm³/mol. The fourth-order valence-corrected chi connectivity index (χ4v) is 2.86. The first-order valence-corrected chi connectivity index (χ1v) is 7.11. The number of nitrogens with zero attached hydrogens (tertiary/aromatic N) is 2. The molecule has 20 heavy (non-hydrogen) atoms. The Bertz CT molecular complexity index is 459. The summed E-state index contributed by atoms with van der Waals surface area (Å²) < 4.78 is 13.5. The molecule has 2 rings (SSSR count). The summed E-state index contributed by atoms with van der Waals surface area (Å²) in [6.07, 6.45) is 0. The second-order valence-corrected chi connectivity index (χ2v) is 5.48. The molecule has 1 fully saturated rings. The van der Waals surface area contributed by atoms with Crippen LogP contribution in [0.15, 0.2) is 18.2 Å². The number of benzene rings is 1. The van der Waals surface area contributed by atoms with Crippen molar-refractivity contribution < 1.29 is 14.4 Å². The van der Waals surface area contributed by atoms with Crippen LogP contribution in [0.25, 0.3) is 0 Å². The van der Waals surface area contributed by atoms with Crippen LogP contribution in [0.4, 0.5) is 4.39 Å². The third-order valence-electron chi connectivity index (χ3n) is 3.94. The van der Waals surface area contributed by atoms with Crippen molar-refractivity contribution in [1.29, 1.82) is 0 Å². The maximum atomic E-state index is 13.5. The van der Waals surface area contributed by atoms with Gasteiger partial charge in [0.05, 0.1) is 0 Å². The molecule has 0 aromatic heterocycles. The number of piperazine rings is 1. The standard InChI is InChI=1S/C14H22BFN2O2/c1-3-18-5-4-17(9-11(18)2)10-12-6-13(15(19)20)8-14(16)7-12/h6-8,11,19-20H,3-5,9-10H2,1-2H3. The Morgan fingerprint density at radius 3 is 2.65 bits per heavy atom. The van der Waals surface area contributed by atoms with Crippen LogP contribution < -0.4 is 5.46 Å². The predicted octanol–water partition coefficient (Wildman–Crippen LogP) is 0.0315. The summed E-state index contributed by atoms with van der Waals surface area (Å²) in [4.78, 5) is 4.70. The minimum atomic E-state index is -1.62. The Morgan fingerprint density at radius 2 is 2.05 bits per heavy atom. The lowest BCUT2D eigenvalue weighted by atomic mass is 9.79. The van der Waals surface area contributed by atoms with Gasteiger partial charge < -0.3 is 10.0 Å². The van der Waals surface area contributed by atoms with Gasteiger partial charge in [-0.3, -0.25) is 9.80 Å². The van der Waals surface area contributed by atoms with E-state index in [1.54, 1.807) is 6.07 Å². The number of likely N-dealkylation sites (N-methyl/N-ethyl adjacent to an activating group) is 1. The van der Waals surface area contributed by atoms with Gasteiger partial charge in [0, 0.05) is 32.2 Å². The lowest BCUT2D eigenvalue weighted by Gasteiger charge is -2.39. The van der Waals surface area contributed by atoms with Crippen LogP contribution in [-0.4, -0.2) is 59.2 Å². The van der Waals surface area contributed by atoms with E-state index in [9.17, 15) is 4.39 Å². The van der Waals surface area contributed by atoms with Gasteiger partial charge in [-0.2, -0.15) is 0 Å². The van der Waals surface area contributed by atoms with E-state index >= 15 is 0 Å². The van der Waals surface area contributed by atoms with Gasteiger partial charge in [-0.1, -0.05) is 13.0 Å². The molecule has 1 atom stereocenters. The molecular formula is C14H22BFN2O2. The molecule has 1 heterocycles. The van der Waals surface area contributed by atoms with Crippen molar-refractivity contribution in [3.8, 4) is 0 Å². The van der Waals surface area contributed by atoms with E-state index in [0.717, 1.165) is 37.8 Å². The van der Waals surface area contributed by atoms with Gasteiger partial charge >= 0.3 is 7.12 Å². The number of hydrogen-bond acceptors (Lipinski definition) is 4. The van der Waals surface area contributed by atoms with Gasteiger partial charge in [-0.05, 0) is 36.6 Å². The van der Waals surface area contributed by atoms with Crippen molar-refractivity contribution in [2.24, 2.45) is 0 Å². The molecule has 6 heteroatoms. The second-order valence-electron chi connectivity index (χ2n) is 5.48. The quantitative estimate of drug-likeness (QED) is 0.764. The third kappa shape index (κ3) is 3.79. The van der Waals surface area contributed by atoms with Crippen LogP contribution in [-0.2, 0) is 6.54 Å². The molecule has 1 aliphatic heterocycles. The monoisotopic (exact) mass is 280 g/mol. The average Bonchev–Trinajstić information content (AvgIpc) is 2.38. The third-order valence-corrected chi connectivity index (χ3v) is 3.94. The Balaban J connectivity index is 2.03. The Labute approximate surface area is 120 Å². The lowest BCUT2D eigenvalue weighted by Crippen LogP contribution is -2.51. The summed E-state index contributed by atoms with van der Waals surface area (Å²) in [7, 11) is -1.62. The highest BCUT2D eigenvalue weighted by molar-refractivity contribution is 6.58. The summed E-state index contributed by atoms with van der Waals surface area (Å²) in [6.45, 7) is 8.96. The molecule has 1 aromatic rings. The second kappa shape index (κ2) is 6.67. The molecule has 110 valence electrons. The molecule has 1 aliphatic rings. The van der Waals surface area contributed by atoms with Gasteiger partial charge in [0.2, 0.25) is 0 Å². The van der Waals surface area contributed by atoms with E-state index in [4.69, 9.17) is 10.0 Å². The molecule has 0 aliphatic carbocycles. The van der Waals surface area contributed by atoms with Crippen molar-refractivity contribution in [2.45, 2.75) is 26.4 Å². The van der Waals surface area contributed by atoms with Crippen LogP contribution in [0, 0.1) is 5.82 Å². The SMILES string of the molecule is CCN1CCN(Cc2cc(F)cc(B(O)O)c2)CC1C. The summed E-state index contributed by atoms with van der Waals surface area (Å²) in [5.41, 5.74) is 0.991. The normalized spacial score (nSPS) is 21.1. The smallest absolute Gasteiger partial charge is 0.423 e. The molecule has 0 spiro atoms. The van der Waals surface area contributed by atoms with Crippen molar-refractivity contribution in [3.05, 3.63) is 29.6 Å². The van der Waals surface area contributed by atoms with Crippen molar-refractivity contribution in [1.82, 2.24) is 9.80 Å². The van der Waals surface area contributed by atoms with E-state index in [-0.39, 0.29) is 5.46 Å². The van der Waals surface area contributed by atoms with Crippen LogP contribution in [0.5, 0.6) is 0 Å². The summed E-state index contributed by atoms with van der Waals surface area (Å²) in [5, 5.41) is 18.3. The maximum Gasteiger partial charge on any atom is 0.488 e. The molecule has 0 saturated carbocycles.